The van der Waals surface area contributed by atoms with E-state index < -0.39 is 0 Å². The van der Waals surface area contributed by atoms with Crippen LogP contribution in [0.4, 0.5) is 4.39 Å². The fourth-order valence-electron chi connectivity index (χ4n) is 1.36. The third kappa shape index (κ3) is 3.96. The lowest BCUT2D eigenvalue weighted by atomic mass is 10.1. The van der Waals surface area contributed by atoms with Crippen LogP contribution in [-0.2, 0) is 6.42 Å². The second-order valence-electron chi connectivity index (χ2n) is 3.42. The van der Waals surface area contributed by atoms with E-state index in [1.807, 2.05) is 6.92 Å². The lowest BCUT2D eigenvalue weighted by Crippen LogP contribution is -1.92. The Morgan fingerprint density at radius 1 is 1.53 bits per heavy atom. The predicted octanol–water partition coefficient (Wildman–Crippen LogP) is 4.75. The molecule has 0 amide bonds. The molecular weight excluding hydrogens is 278 g/mol. The Morgan fingerprint density at radius 2 is 2.27 bits per heavy atom. The highest BCUT2D eigenvalue weighted by Gasteiger charge is 2.05. The van der Waals surface area contributed by atoms with E-state index in [1.54, 1.807) is 18.2 Å². The normalized spacial score (nSPS) is 11.9. The lowest BCUT2D eigenvalue weighted by Gasteiger charge is -2.04. The van der Waals surface area contributed by atoms with Gasteiger partial charge in [0.1, 0.15) is 5.82 Å². The number of hydrogen-bond acceptors (Lipinski definition) is 0. The number of allylic oxidation sites excluding steroid dienone is 2. The van der Waals surface area contributed by atoms with Gasteiger partial charge < -0.3 is 0 Å². The summed E-state index contributed by atoms with van der Waals surface area (Å²) in [6, 6.07) is 5.11. The van der Waals surface area contributed by atoms with Gasteiger partial charge in [0.15, 0.2) is 0 Å². The van der Waals surface area contributed by atoms with Gasteiger partial charge in [-0.15, -0.1) is 0 Å². The zero-order valence-corrected chi connectivity index (χ0v) is 10.9. The number of halogens is 3. The van der Waals surface area contributed by atoms with E-state index >= 15 is 0 Å². The molecule has 0 spiro atoms. The van der Waals surface area contributed by atoms with Crippen LogP contribution in [0.25, 0.3) is 0 Å². The SMILES string of the molecule is C/C(=C/CCBr)Cc1cccc(Cl)c1F. The van der Waals surface area contributed by atoms with Gasteiger partial charge >= 0.3 is 0 Å². The Morgan fingerprint density at radius 3 is 2.93 bits per heavy atom. The monoisotopic (exact) mass is 290 g/mol. The fraction of sp³-hybridized carbons (Fsp3) is 0.333. The molecule has 1 aromatic rings. The van der Waals surface area contributed by atoms with E-state index in [9.17, 15) is 4.39 Å². The highest BCUT2D eigenvalue weighted by atomic mass is 79.9. The topological polar surface area (TPSA) is 0 Å². The van der Waals surface area contributed by atoms with Crippen molar-refractivity contribution in [3.8, 4) is 0 Å². The highest BCUT2D eigenvalue weighted by Crippen LogP contribution is 2.20. The van der Waals surface area contributed by atoms with Crippen molar-refractivity contribution in [2.24, 2.45) is 0 Å². The molecular formula is C12H13BrClF. The van der Waals surface area contributed by atoms with E-state index in [2.05, 4.69) is 22.0 Å². The minimum absolute atomic E-state index is 0.195. The molecule has 0 saturated carbocycles. The van der Waals surface area contributed by atoms with Crippen LogP contribution in [-0.4, -0.2) is 5.33 Å². The summed E-state index contributed by atoms with van der Waals surface area (Å²) in [5, 5.41) is 1.13. The lowest BCUT2D eigenvalue weighted by molar-refractivity contribution is 0.614. The molecule has 0 fully saturated rings. The number of benzene rings is 1. The molecule has 0 aromatic heterocycles. The average molecular weight is 292 g/mol. The van der Waals surface area contributed by atoms with Crippen molar-refractivity contribution < 1.29 is 4.39 Å². The van der Waals surface area contributed by atoms with Gasteiger partial charge in [0.25, 0.3) is 0 Å². The summed E-state index contributed by atoms with van der Waals surface area (Å²) in [6.45, 7) is 2.00. The molecule has 1 rings (SSSR count). The van der Waals surface area contributed by atoms with Gasteiger partial charge in [0, 0.05) is 5.33 Å². The fourth-order valence-corrected chi connectivity index (χ4v) is 1.78. The Balaban J connectivity index is 2.76. The molecule has 0 radical (unpaired) electrons. The maximum Gasteiger partial charge on any atom is 0.145 e. The molecule has 0 aliphatic heterocycles. The molecule has 0 N–H and O–H groups in total. The van der Waals surface area contributed by atoms with Gasteiger partial charge in [-0.05, 0) is 31.4 Å². The van der Waals surface area contributed by atoms with Gasteiger partial charge in [0.05, 0.1) is 5.02 Å². The van der Waals surface area contributed by atoms with Crippen LogP contribution < -0.4 is 0 Å². The third-order valence-corrected chi connectivity index (χ3v) is 2.85. The van der Waals surface area contributed by atoms with Crippen molar-refractivity contribution in [2.75, 3.05) is 5.33 Å². The third-order valence-electron chi connectivity index (χ3n) is 2.10. The molecule has 3 heteroatoms. The highest BCUT2D eigenvalue weighted by molar-refractivity contribution is 9.09. The average Bonchev–Trinajstić information content (AvgIpc) is 2.22. The molecule has 1 aromatic carbocycles. The summed E-state index contributed by atoms with van der Waals surface area (Å²) >= 11 is 9.05. The zero-order chi connectivity index (χ0) is 11.3. The predicted molar refractivity (Wildman–Crippen MR) is 67.3 cm³/mol. The first-order valence-electron chi connectivity index (χ1n) is 4.79. The van der Waals surface area contributed by atoms with Crippen molar-refractivity contribution in [3.05, 3.63) is 46.3 Å². The first-order valence-corrected chi connectivity index (χ1v) is 6.29. The van der Waals surface area contributed by atoms with Gasteiger partial charge in [-0.25, -0.2) is 4.39 Å². The maximum absolute atomic E-state index is 13.5. The number of rotatable bonds is 4. The van der Waals surface area contributed by atoms with Crippen molar-refractivity contribution in [1.29, 1.82) is 0 Å². The van der Waals surface area contributed by atoms with Gasteiger partial charge in [-0.3, -0.25) is 0 Å². The molecule has 0 aliphatic rings. The molecule has 0 bridgehead atoms. The van der Waals surface area contributed by atoms with Gasteiger partial charge in [-0.2, -0.15) is 0 Å². The minimum Gasteiger partial charge on any atom is -0.205 e. The molecule has 0 atom stereocenters. The van der Waals surface area contributed by atoms with Crippen LogP contribution in [0.2, 0.25) is 5.02 Å². The second kappa shape index (κ2) is 6.29. The van der Waals surface area contributed by atoms with Gasteiger partial charge in [-0.1, -0.05) is 51.3 Å². The van der Waals surface area contributed by atoms with Crippen molar-refractivity contribution in [3.63, 3.8) is 0 Å². The van der Waals surface area contributed by atoms with E-state index in [4.69, 9.17) is 11.6 Å². The van der Waals surface area contributed by atoms with Crippen LogP contribution in [0.15, 0.2) is 29.8 Å². The Bertz CT molecular complexity index is 361. The molecule has 0 saturated heterocycles. The molecule has 0 unspecified atom stereocenters. The van der Waals surface area contributed by atoms with E-state index in [0.29, 0.717) is 12.0 Å². The summed E-state index contributed by atoms with van der Waals surface area (Å²) in [5.41, 5.74) is 1.82. The summed E-state index contributed by atoms with van der Waals surface area (Å²) in [4.78, 5) is 0. The van der Waals surface area contributed by atoms with E-state index in [-0.39, 0.29) is 10.8 Å². The van der Waals surface area contributed by atoms with Crippen molar-refractivity contribution >= 4 is 27.5 Å². The maximum atomic E-state index is 13.5. The Kier molecular flexibility index (Phi) is 5.34. The first kappa shape index (κ1) is 12.7. The summed E-state index contributed by atoms with van der Waals surface area (Å²) < 4.78 is 13.5. The molecule has 0 aliphatic carbocycles. The van der Waals surface area contributed by atoms with Gasteiger partial charge in [0.2, 0.25) is 0 Å². The summed E-state index contributed by atoms with van der Waals surface area (Å²) in [7, 11) is 0. The van der Waals surface area contributed by atoms with E-state index in [1.165, 1.54) is 0 Å². The van der Waals surface area contributed by atoms with Crippen LogP contribution in [0.3, 0.4) is 0 Å². The van der Waals surface area contributed by atoms with Crippen LogP contribution in [0.5, 0.6) is 0 Å². The molecule has 82 valence electrons. The molecule has 0 nitrogen and oxygen atoms in total. The van der Waals surface area contributed by atoms with Crippen molar-refractivity contribution in [2.45, 2.75) is 19.8 Å². The van der Waals surface area contributed by atoms with E-state index in [0.717, 1.165) is 17.3 Å². The first-order chi connectivity index (χ1) is 7.15. The van der Waals surface area contributed by atoms with Crippen LogP contribution in [0, 0.1) is 5.82 Å². The number of hydrogen-bond donors (Lipinski definition) is 0. The molecule has 15 heavy (non-hydrogen) atoms. The van der Waals surface area contributed by atoms with Crippen LogP contribution in [0.1, 0.15) is 18.9 Å². The largest absolute Gasteiger partial charge is 0.205 e. The zero-order valence-electron chi connectivity index (χ0n) is 8.56. The Labute approximate surface area is 103 Å². The quantitative estimate of drug-likeness (QED) is 0.554. The smallest absolute Gasteiger partial charge is 0.145 e. The minimum atomic E-state index is -0.300. The Hall–Kier alpha value is -0.340. The summed E-state index contributed by atoms with van der Waals surface area (Å²) in [5.74, 6) is -0.300. The van der Waals surface area contributed by atoms with Crippen LogP contribution >= 0.6 is 27.5 Å². The summed E-state index contributed by atoms with van der Waals surface area (Å²) in [6.07, 6.45) is 3.70. The standard InChI is InChI=1S/C12H13BrClF/c1-9(4-3-7-13)8-10-5-2-6-11(14)12(10)15/h2,4-6H,3,7-8H2,1H3/b9-4-. The van der Waals surface area contributed by atoms with Crippen molar-refractivity contribution in [1.82, 2.24) is 0 Å². The molecule has 0 heterocycles. The number of alkyl halides is 1. The second-order valence-corrected chi connectivity index (χ2v) is 4.62.